The Labute approximate surface area is 197 Å². The van der Waals surface area contributed by atoms with Crippen molar-refractivity contribution in [2.75, 3.05) is 29.9 Å². The number of fused-ring (bicyclic) bond motifs is 1. The van der Waals surface area contributed by atoms with Crippen LogP contribution in [0, 0.1) is 18.2 Å². The van der Waals surface area contributed by atoms with Gasteiger partial charge < -0.3 is 15.0 Å². The molecule has 2 aliphatic rings. The van der Waals surface area contributed by atoms with Crippen LogP contribution in [0.15, 0.2) is 36.7 Å². The van der Waals surface area contributed by atoms with E-state index in [0.717, 1.165) is 12.2 Å². The van der Waals surface area contributed by atoms with Crippen LogP contribution in [0.5, 0.6) is 0 Å². The van der Waals surface area contributed by atoms with Crippen LogP contribution in [0.25, 0.3) is 11.0 Å². The third-order valence-corrected chi connectivity index (χ3v) is 6.16. The highest BCUT2D eigenvalue weighted by Crippen LogP contribution is 2.42. The number of benzene rings is 1. The molecule has 4 heterocycles. The Balaban J connectivity index is 1.37. The van der Waals surface area contributed by atoms with E-state index < -0.39 is 11.4 Å². The standard InChI is InChI=1S/C25H25FN6O2/c1-5-16-7-6-8-17(20(16)26)29-22-21-18(27-15-28-22)9-10-19(30-21)31-13-25(14-31)11-12-32(25)23(33)34-24(2,3)4/h1,6-10,15H,11-14H2,2-4H3,(H,27,28,29). The molecule has 34 heavy (non-hydrogen) atoms. The minimum Gasteiger partial charge on any atom is -0.444 e. The maximum absolute atomic E-state index is 14.6. The fraction of sp³-hybridized carbons (Fsp3) is 0.360. The Morgan fingerprint density at radius 2 is 2.03 bits per heavy atom. The van der Waals surface area contributed by atoms with E-state index in [2.05, 4.69) is 26.1 Å². The van der Waals surface area contributed by atoms with Crippen LogP contribution in [0.2, 0.25) is 0 Å². The lowest BCUT2D eigenvalue weighted by Crippen LogP contribution is -2.78. The van der Waals surface area contributed by atoms with Crippen LogP contribution in [-0.2, 0) is 4.74 Å². The van der Waals surface area contributed by atoms with E-state index in [0.29, 0.717) is 36.5 Å². The number of amides is 1. The summed E-state index contributed by atoms with van der Waals surface area (Å²) in [6, 6.07) is 8.56. The minimum absolute atomic E-state index is 0.165. The van der Waals surface area contributed by atoms with Gasteiger partial charge in [0.1, 0.15) is 23.3 Å². The first-order valence-corrected chi connectivity index (χ1v) is 11.1. The summed E-state index contributed by atoms with van der Waals surface area (Å²) in [5, 5.41) is 3.00. The number of halogens is 1. The first-order chi connectivity index (χ1) is 16.2. The molecule has 3 aromatic rings. The first kappa shape index (κ1) is 21.9. The number of aromatic nitrogens is 3. The lowest BCUT2D eigenvalue weighted by Gasteiger charge is -2.62. The van der Waals surface area contributed by atoms with Crippen molar-refractivity contribution in [3.63, 3.8) is 0 Å². The van der Waals surface area contributed by atoms with Crippen molar-refractivity contribution in [2.24, 2.45) is 0 Å². The molecule has 2 aromatic heterocycles. The van der Waals surface area contributed by atoms with Crippen LogP contribution in [0.1, 0.15) is 32.8 Å². The predicted octanol–water partition coefficient (Wildman–Crippen LogP) is 4.09. The van der Waals surface area contributed by atoms with Crippen molar-refractivity contribution in [1.29, 1.82) is 0 Å². The van der Waals surface area contributed by atoms with Gasteiger partial charge in [-0.1, -0.05) is 12.0 Å². The molecule has 0 bridgehead atoms. The summed E-state index contributed by atoms with van der Waals surface area (Å²) < 4.78 is 20.2. The van der Waals surface area contributed by atoms with Gasteiger partial charge in [0.25, 0.3) is 0 Å². The molecule has 0 atom stereocenters. The van der Waals surface area contributed by atoms with Gasteiger partial charge >= 0.3 is 6.09 Å². The van der Waals surface area contributed by atoms with Gasteiger partial charge in [-0.3, -0.25) is 4.90 Å². The van der Waals surface area contributed by atoms with Crippen LogP contribution in [0.4, 0.5) is 26.5 Å². The molecule has 2 fully saturated rings. The Morgan fingerprint density at radius 1 is 1.24 bits per heavy atom. The molecule has 2 aliphatic heterocycles. The SMILES string of the molecule is C#Cc1cccc(Nc2ncnc3ccc(N4CC5(CCN5C(=O)OC(C)(C)C)C4)nc23)c1F. The number of carbonyl (C=O) groups excluding carboxylic acids is 1. The first-order valence-electron chi connectivity index (χ1n) is 11.1. The molecule has 0 saturated carbocycles. The van der Waals surface area contributed by atoms with E-state index in [9.17, 15) is 9.18 Å². The number of anilines is 3. The molecule has 2 saturated heterocycles. The zero-order valence-corrected chi connectivity index (χ0v) is 19.3. The molecule has 1 amide bonds. The zero-order valence-electron chi connectivity index (χ0n) is 19.3. The summed E-state index contributed by atoms with van der Waals surface area (Å²) in [7, 11) is 0. The van der Waals surface area contributed by atoms with Crippen LogP contribution in [0.3, 0.4) is 0 Å². The highest BCUT2D eigenvalue weighted by Gasteiger charge is 2.56. The van der Waals surface area contributed by atoms with Gasteiger partial charge in [-0.25, -0.2) is 24.1 Å². The van der Waals surface area contributed by atoms with E-state index in [-0.39, 0.29) is 22.9 Å². The highest BCUT2D eigenvalue weighted by atomic mass is 19.1. The fourth-order valence-corrected chi connectivity index (χ4v) is 4.36. The lowest BCUT2D eigenvalue weighted by molar-refractivity contribution is -0.0562. The van der Waals surface area contributed by atoms with E-state index in [1.54, 1.807) is 12.1 Å². The van der Waals surface area contributed by atoms with E-state index in [1.165, 1.54) is 12.4 Å². The van der Waals surface area contributed by atoms with Crippen LogP contribution >= 0.6 is 0 Å². The second kappa shape index (κ2) is 7.83. The van der Waals surface area contributed by atoms with Gasteiger partial charge in [0.05, 0.1) is 22.3 Å². The maximum Gasteiger partial charge on any atom is 0.410 e. The number of nitrogens with one attached hydrogen (secondary N) is 1. The van der Waals surface area contributed by atoms with E-state index in [4.69, 9.17) is 16.1 Å². The molecule has 9 heteroatoms. The second-order valence-electron chi connectivity index (χ2n) is 9.66. The number of likely N-dealkylation sites (tertiary alicyclic amines) is 1. The smallest absolute Gasteiger partial charge is 0.410 e. The summed E-state index contributed by atoms with van der Waals surface area (Å²) in [6.45, 7) is 7.63. The second-order valence-corrected chi connectivity index (χ2v) is 9.66. The van der Waals surface area contributed by atoms with Crippen molar-refractivity contribution in [2.45, 2.75) is 38.3 Å². The number of rotatable bonds is 3. The number of hydrogen-bond donors (Lipinski definition) is 1. The molecule has 174 valence electrons. The van der Waals surface area contributed by atoms with E-state index >= 15 is 0 Å². The number of pyridine rings is 1. The third kappa shape index (κ3) is 3.75. The Kier molecular flexibility index (Phi) is 5.04. The molecule has 5 rings (SSSR count). The van der Waals surface area contributed by atoms with Gasteiger partial charge in [0.2, 0.25) is 0 Å². The van der Waals surface area contributed by atoms with Gasteiger partial charge in [0, 0.05) is 19.6 Å². The summed E-state index contributed by atoms with van der Waals surface area (Å²) in [5.74, 6) is 2.93. The van der Waals surface area contributed by atoms with Crippen molar-refractivity contribution < 1.29 is 13.9 Å². The molecule has 1 aromatic carbocycles. The average molecular weight is 461 g/mol. The molecule has 1 spiro atoms. The molecular weight excluding hydrogens is 435 g/mol. The summed E-state index contributed by atoms with van der Waals surface area (Å²) in [4.78, 5) is 29.8. The molecule has 0 radical (unpaired) electrons. The number of nitrogens with zero attached hydrogens (tertiary/aromatic N) is 5. The van der Waals surface area contributed by atoms with Crippen LogP contribution < -0.4 is 10.2 Å². The monoisotopic (exact) mass is 460 g/mol. The Hall–Kier alpha value is -3.93. The largest absolute Gasteiger partial charge is 0.444 e. The summed E-state index contributed by atoms with van der Waals surface area (Å²) in [6.07, 6.45) is 7.44. The number of hydrogen-bond acceptors (Lipinski definition) is 7. The summed E-state index contributed by atoms with van der Waals surface area (Å²) in [5.41, 5.74) is 0.783. The van der Waals surface area contributed by atoms with Gasteiger partial charge in [0.15, 0.2) is 11.6 Å². The molecule has 8 nitrogen and oxygen atoms in total. The normalized spacial score (nSPS) is 16.6. The summed E-state index contributed by atoms with van der Waals surface area (Å²) >= 11 is 0. The fourth-order valence-electron chi connectivity index (χ4n) is 4.36. The van der Waals surface area contributed by atoms with Crippen molar-refractivity contribution in [3.8, 4) is 12.3 Å². The maximum atomic E-state index is 14.6. The molecule has 0 aliphatic carbocycles. The van der Waals surface area contributed by atoms with Crippen LogP contribution in [-0.4, -0.2) is 56.7 Å². The zero-order chi connectivity index (χ0) is 24.1. The number of ether oxygens (including phenoxy) is 1. The average Bonchev–Trinajstić information content (AvgIpc) is 2.72. The number of carbonyl (C=O) groups is 1. The predicted molar refractivity (Wildman–Crippen MR) is 127 cm³/mol. The van der Waals surface area contributed by atoms with Gasteiger partial charge in [-0.15, -0.1) is 6.42 Å². The van der Waals surface area contributed by atoms with Crippen molar-refractivity contribution >= 4 is 34.4 Å². The van der Waals surface area contributed by atoms with Gasteiger partial charge in [-0.05, 0) is 51.5 Å². The third-order valence-electron chi connectivity index (χ3n) is 6.16. The van der Waals surface area contributed by atoms with Crippen molar-refractivity contribution in [1.82, 2.24) is 19.9 Å². The minimum atomic E-state index is -0.528. The quantitative estimate of drug-likeness (QED) is 0.590. The van der Waals surface area contributed by atoms with E-state index in [1.807, 2.05) is 37.8 Å². The Bertz CT molecular complexity index is 1320. The Morgan fingerprint density at radius 3 is 2.71 bits per heavy atom. The lowest BCUT2D eigenvalue weighted by atomic mass is 9.78. The topological polar surface area (TPSA) is 83.5 Å². The number of terminal acetylenes is 1. The highest BCUT2D eigenvalue weighted by molar-refractivity contribution is 5.88. The van der Waals surface area contributed by atoms with Crippen molar-refractivity contribution in [3.05, 3.63) is 48.0 Å². The molecule has 0 unspecified atom stereocenters. The van der Waals surface area contributed by atoms with Gasteiger partial charge in [-0.2, -0.15) is 0 Å². The molecule has 1 N–H and O–H groups in total. The molecular formula is C25H25FN6O2.